The first-order valence-electron chi connectivity index (χ1n) is 6.95. The van der Waals surface area contributed by atoms with Crippen molar-refractivity contribution in [3.8, 4) is 11.3 Å². The minimum absolute atomic E-state index is 0.451. The molecule has 0 aliphatic heterocycles. The fourth-order valence-electron chi connectivity index (χ4n) is 2.56. The SMILES string of the molecule is Nc1ccc(-c2cn3c(n2)sc2cc(CC=O)ccc23)cc1. The number of nitrogens with zero attached hydrogens (tertiary/aromatic N) is 2. The lowest BCUT2D eigenvalue weighted by atomic mass is 10.1. The number of carbonyl (C=O) groups excluding carboxylic acids is 1. The molecule has 0 unspecified atom stereocenters. The van der Waals surface area contributed by atoms with E-state index in [-0.39, 0.29) is 0 Å². The second kappa shape index (κ2) is 4.96. The number of nitrogens with two attached hydrogens (primary N) is 1. The average Bonchev–Trinajstić information content (AvgIpc) is 3.05. The van der Waals surface area contributed by atoms with Crippen molar-refractivity contribution in [1.82, 2.24) is 9.38 Å². The molecule has 4 rings (SSSR count). The Kier molecular flexibility index (Phi) is 2.94. The van der Waals surface area contributed by atoms with Gasteiger partial charge in [0.05, 0.1) is 15.9 Å². The van der Waals surface area contributed by atoms with E-state index in [1.54, 1.807) is 11.3 Å². The van der Waals surface area contributed by atoms with Gasteiger partial charge in [0, 0.05) is 23.9 Å². The second-order valence-corrected chi connectivity index (χ2v) is 6.18. The number of nitrogen functional groups attached to an aromatic ring is 1. The van der Waals surface area contributed by atoms with Gasteiger partial charge in [-0.15, -0.1) is 0 Å². The topological polar surface area (TPSA) is 60.4 Å². The summed E-state index contributed by atoms with van der Waals surface area (Å²) in [5.41, 5.74) is 10.6. The van der Waals surface area contributed by atoms with Crippen LogP contribution >= 0.6 is 11.3 Å². The molecule has 2 aromatic carbocycles. The lowest BCUT2D eigenvalue weighted by Gasteiger charge is -1.97. The van der Waals surface area contributed by atoms with Crippen LogP contribution in [-0.2, 0) is 11.2 Å². The summed E-state index contributed by atoms with van der Waals surface area (Å²) in [6, 6.07) is 13.8. The lowest BCUT2D eigenvalue weighted by molar-refractivity contribution is -0.107. The Balaban J connectivity index is 1.84. The number of hydrogen-bond acceptors (Lipinski definition) is 4. The van der Waals surface area contributed by atoms with Gasteiger partial charge in [0.2, 0.25) is 0 Å². The number of rotatable bonds is 3. The normalized spacial score (nSPS) is 11.3. The number of benzene rings is 2. The van der Waals surface area contributed by atoms with Crippen LogP contribution in [0.4, 0.5) is 5.69 Å². The highest BCUT2D eigenvalue weighted by Gasteiger charge is 2.10. The van der Waals surface area contributed by atoms with Crippen molar-refractivity contribution in [2.24, 2.45) is 0 Å². The summed E-state index contributed by atoms with van der Waals surface area (Å²) in [6.07, 6.45) is 3.42. The summed E-state index contributed by atoms with van der Waals surface area (Å²) in [5, 5.41) is 0. The van der Waals surface area contributed by atoms with E-state index in [9.17, 15) is 4.79 Å². The van der Waals surface area contributed by atoms with Gasteiger partial charge in [-0.25, -0.2) is 4.98 Å². The van der Waals surface area contributed by atoms with Gasteiger partial charge in [-0.3, -0.25) is 4.40 Å². The Bertz CT molecular complexity index is 982. The Labute approximate surface area is 130 Å². The third-order valence-electron chi connectivity index (χ3n) is 3.68. The minimum atomic E-state index is 0.451. The zero-order valence-electron chi connectivity index (χ0n) is 11.7. The van der Waals surface area contributed by atoms with Crippen LogP contribution in [-0.4, -0.2) is 15.7 Å². The van der Waals surface area contributed by atoms with Gasteiger partial charge in [0.1, 0.15) is 6.29 Å². The molecule has 4 aromatic rings. The van der Waals surface area contributed by atoms with E-state index in [4.69, 9.17) is 10.7 Å². The smallest absolute Gasteiger partial charge is 0.195 e. The van der Waals surface area contributed by atoms with Crippen LogP contribution in [0.2, 0.25) is 0 Å². The number of aldehydes is 1. The Morgan fingerprint density at radius 1 is 1.18 bits per heavy atom. The predicted octanol–water partition coefficient (Wildman–Crippen LogP) is 3.54. The fraction of sp³-hybridized carbons (Fsp3) is 0.0588. The maximum atomic E-state index is 10.6. The van der Waals surface area contributed by atoms with Crippen molar-refractivity contribution < 1.29 is 4.79 Å². The van der Waals surface area contributed by atoms with Crippen molar-refractivity contribution >= 4 is 38.5 Å². The summed E-state index contributed by atoms with van der Waals surface area (Å²) in [5.74, 6) is 0. The van der Waals surface area contributed by atoms with Crippen LogP contribution in [0.3, 0.4) is 0 Å². The molecule has 2 N–H and O–H groups in total. The third kappa shape index (κ3) is 2.07. The number of imidazole rings is 1. The summed E-state index contributed by atoms with van der Waals surface area (Å²) in [7, 11) is 0. The van der Waals surface area contributed by atoms with E-state index in [1.165, 1.54) is 0 Å². The van der Waals surface area contributed by atoms with E-state index in [0.29, 0.717) is 6.42 Å². The van der Waals surface area contributed by atoms with E-state index in [0.717, 1.165) is 44.0 Å². The Hall–Kier alpha value is -2.66. The molecule has 0 atom stereocenters. The molecule has 5 heteroatoms. The van der Waals surface area contributed by atoms with Crippen molar-refractivity contribution in [2.75, 3.05) is 5.73 Å². The summed E-state index contributed by atoms with van der Waals surface area (Å²) >= 11 is 1.63. The number of hydrogen-bond donors (Lipinski definition) is 1. The fourth-order valence-corrected chi connectivity index (χ4v) is 3.63. The van der Waals surface area contributed by atoms with Gasteiger partial charge in [-0.05, 0) is 29.8 Å². The molecular formula is C17H13N3OS. The first kappa shape index (κ1) is 13.0. The molecular weight excluding hydrogens is 294 g/mol. The van der Waals surface area contributed by atoms with Gasteiger partial charge in [-0.1, -0.05) is 29.5 Å². The largest absolute Gasteiger partial charge is 0.399 e. The lowest BCUT2D eigenvalue weighted by Crippen LogP contribution is -1.85. The van der Waals surface area contributed by atoms with Gasteiger partial charge >= 0.3 is 0 Å². The van der Waals surface area contributed by atoms with Crippen LogP contribution in [0.1, 0.15) is 5.56 Å². The van der Waals surface area contributed by atoms with Crippen molar-refractivity contribution in [3.63, 3.8) is 0 Å². The predicted molar refractivity (Wildman–Crippen MR) is 90.2 cm³/mol. The van der Waals surface area contributed by atoms with Gasteiger partial charge in [-0.2, -0.15) is 0 Å². The molecule has 0 saturated heterocycles. The first-order valence-corrected chi connectivity index (χ1v) is 7.76. The maximum Gasteiger partial charge on any atom is 0.195 e. The van der Waals surface area contributed by atoms with Gasteiger partial charge < -0.3 is 10.5 Å². The van der Waals surface area contributed by atoms with E-state index >= 15 is 0 Å². The highest BCUT2D eigenvalue weighted by molar-refractivity contribution is 7.23. The molecule has 22 heavy (non-hydrogen) atoms. The molecule has 0 aliphatic rings. The summed E-state index contributed by atoms with van der Waals surface area (Å²) in [6.45, 7) is 0. The highest BCUT2D eigenvalue weighted by atomic mass is 32.1. The third-order valence-corrected chi connectivity index (χ3v) is 4.70. The minimum Gasteiger partial charge on any atom is -0.399 e. The number of aromatic nitrogens is 2. The number of fused-ring (bicyclic) bond motifs is 3. The monoisotopic (exact) mass is 307 g/mol. The molecule has 0 aliphatic carbocycles. The molecule has 4 nitrogen and oxygen atoms in total. The molecule has 2 aromatic heterocycles. The molecule has 0 spiro atoms. The molecule has 0 bridgehead atoms. The van der Waals surface area contributed by atoms with Gasteiger partial charge in [0.25, 0.3) is 0 Å². The molecule has 0 fully saturated rings. The van der Waals surface area contributed by atoms with Crippen LogP contribution in [0.15, 0.2) is 48.7 Å². The number of anilines is 1. The molecule has 0 saturated carbocycles. The average molecular weight is 307 g/mol. The van der Waals surface area contributed by atoms with E-state index < -0.39 is 0 Å². The van der Waals surface area contributed by atoms with Crippen molar-refractivity contribution in [2.45, 2.75) is 6.42 Å². The molecule has 108 valence electrons. The number of thiazole rings is 1. The number of carbonyl (C=O) groups is 1. The summed E-state index contributed by atoms with van der Waals surface area (Å²) in [4.78, 5) is 16.3. The van der Waals surface area contributed by atoms with E-state index in [2.05, 4.69) is 10.5 Å². The quantitative estimate of drug-likeness (QED) is 0.465. The Morgan fingerprint density at radius 3 is 2.77 bits per heavy atom. The van der Waals surface area contributed by atoms with Crippen LogP contribution in [0, 0.1) is 0 Å². The second-order valence-electron chi connectivity index (χ2n) is 5.18. The standard InChI is InChI=1S/C17H13N3OS/c18-13-4-2-12(3-5-13)14-10-20-15-6-1-11(7-8-21)9-16(15)22-17(20)19-14/h1-6,8-10H,7,18H2. The van der Waals surface area contributed by atoms with Gasteiger partial charge in [0.15, 0.2) is 4.96 Å². The molecule has 0 radical (unpaired) electrons. The zero-order chi connectivity index (χ0) is 15.1. The van der Waals surface area contributed by atoms with Crippen LogP contribution < -0.4 is 5.73 Å². The van der Waals surface area contributed by atoms with Crippen LogP contribution in [0.5, 0.6) is 0 Å². The van der Waals surface area contributed by atoms with Crippen molar-refractivity contribution in [3.05, 3.63) is 54.2 Å². The zero-order valence-corrected chi connectivity index (χ0v) is 12.5. The van der Waals surface area contributed by atoms with E-state index in [1.807, 2.05) is 42.6 Å². The Morgan fingerprint density at radius 2 is 2.00 bits per heavy atom. The maximum absolute atomic E-state index is 10.6. The molecule has 0 amide bonds. The molecule has 2 heterocycles. The first-order chi connectivity index (χ1) is 10.7. The van der Waals surface area contributed by atoms with Crippen LogP contribution in [0.25, 0.3) is 26.4 Å². The van der Waals surface area contributed by atoms with Crippen molar-refractivity contribution in [1.29, 1.82) is 0 Å². The summed E-state index contributed by atoms with van der Waals surface area (Å²) < 4.78 is 3.24. The highest BCUT2D eigenvalue weighted by Crippen LogP contribution is 2.30.